The van der Waals surface area contributed by atoms with Gasteiger partial charge in [-0.15, -0.1) is 0 Å². The molecule has 1 atom stereocenters. The quantitative estimate of drug-likeness (QED) is 0.270. The number of ether oxygens (including phenoxy) is 2. The number of thioether (sulfide) groups is 1. The van der Waals surface area contributed by atoms with E-state index in [9.17, 15) is 9.59 Å². The van der Waals surface area contributed by atoms with Crippen molar-refractivity contribution in [1.82, 2.24) is 14.9 Å². The zero-order chi connectivity index (χ0) is 27.1. The highest BCUT2D eigenvalue weighted by Crippen LogP contribution is 2.27. The van der Waals surface area contributed by atoms with Crippen molar-refractivity contribution >= 4 is 39.6 Å². The number of carbonyl (C=O) groups excluding carboxylic acids is 2. The van der Waals surface area contributed by atoms with Crippen LogP contribution in [-0.2, 0) is 18.4 Å². The number of imidazole rings is 1. The van der Waals surface area contributed by atoms with Gasteiger partial charge in [-0.2, -0.15) is 0 Å². The second-order valence-electron chi connectivity index (χ2n) is 9.04. The zero-order valence-corrected chi connectivity index (χ0v) is 22.8. The van der Waals surface area contributed by atoms with E-state index in [-0.39, 0.29) is 11.1 Å². The molecule has 8 nitrogen and oxygen atoms in total. The van der Waals surface area contributed by atoms with Crippen LogP contribution in [0.25, 0.3) is 11.0 Å². The van der Waals surface area contributed by atoms with Crippen LogP contribution < -0.4 is 20.1 Å². The van der Waals surface area contributed by atoms with Gasteiger partial charge in [0.05, 0.1) is 16.8 Å². The van der Waals surface area contributed by atoms with Crippen molar-refractivity contribution in [3.05, 3.63) is 78.1 Å². The van der Waals surface area contributed by atoms with Crippen LogP contribution in [0, 0.1) is 6.92 Å². The lowest BCUT2D eigenvalue weighted by atomic mass is 10.2. The molecule has 38 heavy (non-hydrogen) atoms. The summed E-state index contributed by atoms with van der Waals surface area (Å²) in [5.74, 6) is 3.40. The molecular formula is C29H32N4O4S. The second kappa shape index (κ2) is 12.5. The fourth-order valence-corrected chi connectivity index (χ4v) is 4.17. The molecule has 4 aromatic rings. The molecule has 1 aliphatic rings. The van der Waals surface area contributed by atoms with Gasteiger partial charge in [0.1, 0.15) is 29.7 Å². The lowest BCUT2D eigenvalue weighted by Gasteiger charge is -2.13. The van der Waals surface area contributed by atoms with Gasteiger partial charge < -0.3 is 19.4 Å². The molecule has 2 N–H and O–H groups in total. The first-order valence-corrected chi connectivity index (χ1v) is 13.4. The van der Waals surface area contributed by atoms with Gasteiger partial charge in [0.15, 0.2) is 0 Å². The highest BCUT2D eigenvalue weighted by molar-refractivity contribution is 8.14. The van der Waals surface area contributed by atoms with E-state index in [4.69, 9.17) is 14.5 Å². The van der Waals surface area contributed by atoms with Gasteiger partial charge in [-0.1, -0.05) is 36.4 Å². The second-order valence-corrected chi connectivity index (χ2v) is 9.99. The molecule has 0 radical (unpaired) electrons. The van der Waals surface area contributed by atoms with Crippen molar-refractivity contribution in [1.29, 1.82) is 0 Å². The average molecular weight is 533 g/mol. The number of imide groups is 1. The number of hydrogen-bond donors (Lipinski definition) is 2. The minimum Gasteiger partial charge on any atom is -0.486 e. The number of rotatable bonds is 8. The topological polar surface area (TPSA) is 94.5 Å². The minimum absolute atomic E-state index is 0.185. The van der Waals surface area contributed by atoms with E-state index >= 15 is 0 Å². The number of anilines is 1. The summed E-state index contributed by atoms with van der Waals surface area (Å²) in [6, 6.07) is 22.5. The fraction of sp³-hybridized carbons (Fsp3) is 0.276. The third kappa shape index (κ3) is 7.29. The Labute approximate surface area is 226 Å². The van der Waals surface area contributed by atoms with Gasteiger partial charge in [-0.25, -0.2) is 4.98 Å². The maximum atomic E-state index is 10.1. The number of nitrogens with one attached hydrogen (secondary N) is 2. The first kappa shape index (κ1) is 27.1. The highest BCUT2D eigenvalue weighted by Gasteiger charge is 2.16. The Kier molecular flexibility index (Phi) is 8.91. The summed E-state index contributed by atoms with van der Waals surface area (Å²) in [7, 11) is 2.00. The maximum absolute atomic E-state index is 10.1. The number of hydrogen-bond acceptors (Lipinski definition) is 7. The predicted molar refractivity (Wildman–Crippen MR) is 152 cm³/mol. The van der Waals surface area contributed by atoms with Crippen LogP contribution in [-0.4, -0.2) is 32.5 Å². The average Bonchev–Trinajstić information content (AvgIpc) is 3.45. The van der Waals surface area contributed by atoms with Crippen LogP contribution in [0.2, 0.25) is 0 Å². The summed E-state index contributed by atoms with van der Waals surface area (Å²) >= 11 is 1.01. The normalized spacial score (nSPS) is 13.5. The van der Waals surface area contributed by atoms with Crippen molar-refractivity contribution in [3.8, 4) is 17.2 Å². The summed E-state index contributed by atoms with van der Waals surface area (Å²) in [6.07, 6.45) is 1.08. The Morgan fingerprint density at radius 2 is 1.71 bits per heavy atom. The van der Waals surface area contributed by atoms with Crippen LogP contribution in [0.4, 0.5) is 10.5 Å². The van der Waals surface area contributed by atoms with Gasteiger partial charge in [0, 0.05) is 24.8 Å². The monoisotopic (exact) mass is 532 g/mol. The number of benzene rings is 3. The third-order valence-corrected chi connectivity index (χ3v) is 6.80. The van der Waals surface area contributed by atoms with E-state index < -0.39 is 0 Å². The molecule has 1 aliphatic heterocycles. The molecular weight excluding hydrogens is 500 g/mol. The van der Waals surface area contributed by atoms with E-state index in [2.05, 4.69) is 36.0 Å². The Morgan fingerprint density at radius 3 is 2.32 bits per heavy atom. The van der Waals surface area contributed by atoms with Crippen LogP contribution >= 0.6 is 11.8 Å². The van der Waals surface area contributed by atoms with E-state index in [0.29, 0.717) is 18.4 Å². The lowest BCUT2D eigenvalue weighted by molar-refractivity contribution is -0.117. The Bertz CT molecular complexity index is 1390. The van der Waals surface area contributed by atoms with Crippen molar-refractivity contribution in [2.75, 3.05) is 11.1 Å². The van der Waals surface area contributed by atoms with E-state index in [0.717, 1.165) is 58.0 Å². The Morgan fingerprint density at radius 1 is 1.03 bits per heavy atom. The third-order valence-electron chi connectivity index (χ3n) is 6.03. The number of nitrogens with zero attached hydrogens (tertiary/aromatic N) is 2. The molecule has 5 rings (SSSR count). The molecule has 3 aromatic carbocycles. The zero-order valence-electron chi connectivity index (χ0n) is 22.0. The molecule has 2 amide bonds. The van der Waals surface area contributed by atoms with Crippen molar-refractivity contribution in [2.24, 2.45) is 7.05 Å². The molecule has 1 unspecified atom stereocenters. The number of amides is 2. The molecule has 1 aromatic heterocycles. The van der Waals surface area contributed by atoms with E-state index in [1.54, 1.807) is 0 Å². The van der Waals surface area contributed by atoms with Crippen LogP contribution in [0.15, 0.2) is 66.7 Å². The standard InChI is InChI=1S/C26H29N3O2.C3H3NO2S/c1-5-19(3)27-20-8-12-22(13-9-20)31-23-14-15-24-25(16-23)29(4)26(28-24)17-30-21-10-6-18(2)7-11-21;5-2-1-7-3(6)4-2/h6-16,19,27H,5,17H2,1-4H3;1H2,(H,4,5,6). The molecule has 0 aliphatic carbocycles. The van der Waals surface area contributed by atoms with Gasteiger partial charge in [-0.05, 0) is 68.8 Å². The largest absolute Gasteiger partial charge is 0.486 e. The smallest absolute Gasteiger partial charge is 0.286 e. The Hall–Kier alpha value is -3.98. The number of carbonyl (C=O) groups is 2. The maximum Gasteiger partial charge on any atom is 0.286 e. The lowest BCUT2D eigenvalue weighted by Crippen LogP contribution is -2.18. The van der Waals surface area contributed by atoms with E-state index in [1.165, 1.54) is 5.56 Å². The van der Waals surface area contributed by atoms with Gasteiger partial charge in [-0.3, -0.25) is 14.9 Å². The summed E-state index contributed by atoms with van der Waals surface area (Å²) in [4.78, 5) is 24.9. The molecule has 198 valence electrons. The molecule has 1 saturated heterocycles. The van der Waals surface area contributed by atoms with E-state index in [1.807, 2.05) is 73.8 Å². The minimum atomic E-state index is -0.231. The van der Waals surface area contributed by atoms with Crippen LogP contribution in [0.1, 0.15) is 31.7 Å². The fourth-order valence-electron chi connectivity index (χ4n) is 3.65. The predicted octanol–water partition coefficient (Wildman–Crippen LogP) is 6.43. The van der Waals surface area contributed by atoms with Crippen molar-refractivity contribution in [2.45, 2.75) is 39.8 Å². The van der Waals surface area contributed by atoms with Gasteiger partial charge >= 0.3 is 0 Å². The highest BCUT2D eigenvalue weighted by atomic mass is 32.2. The first-order chi connectivity index (χ1) is 18.3. The molecule has 9 heteroatoms. The van der Waals surface area contributed by atoms with Crippen molar-refractivity contribution in [3.63, 3.8) is 0 Å². The van der Waals surface area contributed by atoms with Gasteiger partial charge in [0.25, 0.3) is 5.24 Å². The van der Waals surface area contributed by atoms with Crippen LogP contribution in [0.5, 0.6) is 17.2 Å². The van der Waals surface area contributed by atoms with Crippen LogP contribution in [0.3, 0.4) is 0 Å². The number of aryl methyl sites for hydroxylation is 2. The SMILES string of the molecule is CCC(C)Nc1ccc(Oc2ccc3nc(COc4ccc(C)cc4)n(C)c3c2)cc1.O=C1CSC(=O)N1. The summed E-state index contributed by atoms with van der Waals surface area (Å²) in [5.41, 5.74) is 4.24. The van der Waals surface area contributed by atoms with Gasteiger partial charge in [0.2, 0.25) is 5.91 Å². The number of fused-ring (bicyclic) bond motifs is 1. The molecule has 0 spiro atoms. The molecule has 0 bridgehead atoms. The Balaban J connectivity index is 0.000000417. The summed E-state index contributed by atoms with van der Waals surface area (Å²) in [6.45, 7) is 6.82. The molecule has 0 saturated carbocycles. The first-order valence-electron chi connectivity index (χ1n) is 12.5. The number of aromatic nitrogens is 2. The molecule has 2 heterocycles. The summed E-state index contributed by atoms with van der Waals surface area (Å²) in [5, 5.41) is 5.33. The van der Waals surface area contributed by atoms with Crippen molar-refractivity contribution < 1.29 is 19.1 Å². The molecule has 1 fully saturated rings. The summed E-state index contributed by atoms with van der Waals surface area (Å²) < 4.78 is 14.0.